The van der Waals surface area contributed by atoms with Crippen molar-refractivity contribution in [3.63, 3.8) is 0 Å². The van der Waals surface area contributed by atoms with E-state index in [-0.39, 0.29) is 18.1 Å². The van der Waals surface area contributed by atoms with E-state index in [1.165, 1.54) is 0 Å². The molecule has 4 heteroatoms. The molecule has 3 atom stereocenters. The van der Waals surface area contributed by atoms with Gasteiger partial charge in [-0.3, -0.25) is 4.90 Å². The van der Waals surface area contributed by atoms with Gasteiger partial charge >= 0.3 is 0 Å². The predicted octanol–water partition coefficient (Wildman–Crippen LogP) is 0.495. The van der Waals surface area contributed by atoms with Crippen LogP contribution in [-0.2, 0) is 9.47 Å². The largest absolute Gasteiger partial charge is 0.390 e. The summed E-state index contributed by atoms with van der Waals surface area (Å²) in [5.74, 6) is 0.270. The van der Waals surface area contributed by atoms with Crippen molar-refractivity contribution < 1.29 is 14.6 Å². The number of ether oxygens (including phenoxy) is 2. The second-order valence-electron chi connectivity index (χ2n) is 4.82. The van der Waals surface area contributed by atoms with Gasteiger partial charge in [-0.2, -0.15) is 0 Å². The summed E-state index contributed by atoms with van der Waals surface area (Å²) in [7, 11) is 0. The summed E-state index contributed by atoms with van der Waals surface area (Å²) in [6.45, 7) is 7.38. The highest BCUT2D eigenvalue weighted by Gasteiger charge is 2.33. The molecule has 1 N–H and O–H groups in total. The molecule has 16 heavy (non-hydrogen) atoms. The average Bonchev–Trinajstić information content (AvgIpc) is 2.82. The molecule has 2 aliphatic heterocycles. The maximum atomic E-state index is 10.2. The lowest BCUT2D eigenvalue weighted by Gasteiger charge is -2.36. The molecular formula is C12H23NO3. The minimum atomic E-state index is -0.359. The molecule has 2 heterocycles. The fourth-order valence-electron chi connectivity index (χ4n) is 2.58. The lowest BCUT2D eigenvalue weighted by molar-refractivity contribution is -0.105. The van der Waals surface area contributed by atoms with Gasteiger partial charge in [0.25, 0.3) is 0 Å². The Balaban J connectivity index is 1.82. The summed E-state index contributed by atoms with van der Waals surface area (Å²) in [5.41, 5.74) is 0. The van der Waals surface area contributed by atoms with Gasteiger partial charge in [0.1, 0.15) is 0 Å². The molecule has 0 amide bonds. The summed E-state index contributed by atoms with van der Waals surface area (Å²) < 4.78 is 11.0. The van der Waals surface area contributed by atoms with Crippen molar-refractivity contribution in [2.75, 3.05) is 39.5 Å². The number of hydrogen-bond donors (Lipinski definition) is 1. The Morgan fingerprint density at radius 3 is 3.00 bits per heavy atom. The Labute approximate surface area is 97.5 Å². The van der Waals surface area contributed by atoms with Crippen molar-refractivity contribution in [2.24, 2.45) is 5.92 Å². The molecule has 2 fully saturated rings. The van der Waals surface area contributed by atoms with Gasteiger partial charge < -0.3 is 14.6 Å². The van der Waals surface area contributed by atoms with Gasteiger partial charge in [0.15, 0.2) is 0 Å². The lowest BCUT2D eigenvalue weighted by atomic mass is 9.96. The molecule has 2 aliphatic rings. The highest BCUT2D eigenvalue weighted by atomic mass is 16.5. The molecule has 3 unspecified atom stereocenters. The summed E-state index contributed by atoms with van der Waals surface area (Å²) >= 11 is 0. The van der Waals surface area contributed by atoms with E-state index in [9.17, 15) is 5.11 Å². The maximum Gasteiger partial charge on any atom is 0.0964 e. The Hall–Kier alpha value is -0.160. The smallest absolute Gasteiger partial charge is 0.0964 e. The molecule has 0 aromatic heterocycles. The highest BCUT2D eigenvalue weighted by molar-refractivity contribution is 4.84. The van der Waals surface area contributed by atoms with Gasteiger partial charge in [0.05, 0.1) is 25.4 Å². The summed E-state index contributed by atoms with van der Waals surface area (Å²) in [5, 5.41) is 10.2. The average molecular weight is 229 g/mol. The van der Waals surface area contributed by atoms with Crippen LogP contribution in [0.3, 0.4) is 0 Å². The topological polar surface area (TPSA) is 41.9 Å². The van der Waals surface area contributed by atoms with E-state index in [2.05, 4.69) is 11.8 Å². The SMILES string of the molecule is CCCN1CCOC(C(O)C2CCOC2)C1. The molecule has 2 rings (SSSR count). The van der Waals surface area contributed by atoms with Crippen LogP contribution in [0.15, 0.2) is 0 Å². The van der Waals surface area contributed by atoms with Crippen LogP contribution in [0.4, 0.5) is 0 Å². The summed E-state index contributed by atoms with van der Waals surface area (Å²) in [4.78, 5) is 2.38. The van der Waals surface area contributed by atoms with E-state index in [4.69, 9.17) is 9.47 Å². The van der Waals surface area contributed by atoms with E-state index >= 15 is 0 Å². The van der Waals surface area contributed by atoms with E-state index in [1.807, 2.05) is 0 Å². The van der Waals surface area contributed by atoms with E-state index in [0.717, 1.165) is 45.7 Å². The second kappa shape index (κ2) is 5.96. The zero-order valence-electron chi connectivity index (χ0n) is 10.1. The first-order valence-corrected chi connectivity index (χ1v) is 6.41. The molecule has 0 saturated carbocycles. The van der Waals surface area contributed by atoms with Crippen molar-refractivity contribution in [1.29, 1.82) is 0 Å². The first-order valence-electron chi connectivity index (χ1n) is 6.41. The predicted molar refractivity (Wildman–Crippen MR) is 61.4 cm³/mol. The zero-order chi connectivity index (χ0) is 11.4. The normalized spacial score (nSPS) is 34.1. The summed E-state index contributed by atoms with van der Waals surface area (Å²) in [6, 6.07) is 0. The Morgan fingerprint density at radius 1 is 1.44 bits per heavy atom. The van der Waals surface area contributed by atoms with Crippen molar-refractivity contribution in [3.05, 3.63) is 0 Å². The van der Waals surface area contributed by atoms with E-state index in [0.29, 0.717) is 6.61 Å². The molecule has 2 saturated heterocycles. The number of rotatable bonds is 4. The van der Waals surface area contributed by atoms with Crippen molar-refractivity contribution in [1.82, 2.24) is 4.90 Å². The molecular weight excluding hydrogens is 206 g/mol. The van der Waals surface area contributed by atoms with Crippen LogP contribution in [0.5, 0.6) is 0 Å². The number of aliphatic hydroxyl groups excluding tert-OH is 1. The highest BCUT2D eigenvalue weighted by Crippen LogP contribution is 2.22. The van der Waals surface area contributed by atoms with Crippen LogP contribution in [0, 0.1) is 5.92 Å². The van der Waals surface area contributed by atoms with Gasteiger partial charge in [-0.15, -0.1) is 0 Å². The van der Waals surface area contributed by atoms with Crippen molar-refractivity contribution in [2.45, 2.75) is 32.0 Å². The van der Waals surface area contributed by atoms with Crippen LogP contribution in [0.2, 0.25) is 0 Å². The second-order valence-corrected chi connectivity index (χ2v) is 4.82. The van der Waals surface area contributed by atoms with Crippen LogP contribution in [-0.4, -0.2) is 61.7 Å². The summed E-state index contributed by atoms with van der Waals surface area (Å²) in [6.07, 6.45) is 1.75. The fourth-order valence-corrected chi connectivity index (χ4v) is 2.58. The molecule has 0 aromatic rings. The van der Waals surface area contributed by atoms with Crippen molar-refractivity contribution in [3.8, 4) is 0 Å². The molecule has 0 radical (unpaired) electrons. The van der Waals surface area contributed by atoms with Gasteiger partial charge in [-0.25, -0.2) is 0 Å². The quantitative estimate of drug-likeness (QED) is 0.762. The number of morpholine rings is 1. The Kier molecular flexibility index (Phi) is 4.58. The molecule has 0 aliphatic carbocycles. The lowest BCUT2D eigenvalue weighted by Crippen LogP contribution is -2.50. The molecule has 0 bridgehead atoms. The van der Waals surface area contributed by atoms with Crippen LogP contribution >= 0.6 is 0 Å². The first-order chi connectivity index (χ1) is 7.81. The molecule has 4 nitrogen and oxygen atoms in total. The van der Waals surface area contributed by atoms with Crippen molar-refractivity contribution >= 4 is 0 Å². The molecule has 94 valence electrons. The van der Waals surface area contributed by atoms with Crippen LogP contribution in [0.1, 0.15) is 19.8 Å². The van der Waals surface area contributed by atoms with Gasteiger partial charge in [0.2, 0.25) is 0 Å². The first kappa shape index (κ1) is 12.3. The number of nitrogens with zero attached hydrogens (tertiary/aromatic N) is 1. The minimum Gasteiger partial charge on any atom is -0.390 e. The monoisotopic (exact) mass is 229 g/mol. The van der Waals surface area contributed by atoms with Crippen LogP contribution in [0.25, 0.3) is 0 Å². The number of aliphatic hydroxyl groups is 1. The van der Waals surface area contributed by atoms with E-state index < -0.39 is 0 Å². The number of hydrogen-bond acceptors (Lipinski definition) is 4. The van der Waals surface area contributed by atoms with Crippen LogP contribution < -0.4 is 0 Å². The van der Waals surface area contributed by atoms with E-state index in [1.54, 1.807) is 0 Å². The standard InChI is InChI=1S/C12H23NO3/c1-2-4-13-5-7-16-11(8-13)12(14)10-3-6-15-9-10/h10-12,14H,2-9H2,1H3. The Morgan fingerprint density at radius 2 is 2.31 bits per heavy atom. The molecule has 0 spiro atoms. The maximum absolute atomic E-state index is 10.2. The van der Waals surface area contributed by atoms with Gasteiger partial charge in [-0.05, 0) is 19.4 Å². The fraction of sp³-hybridized carbons (Fsp3) is 1.00. The third-order valence-corrected chi connectivity index (χ3v) is 3.55. The molecule has 0 aromatic carbocycles. The van der Waals surface area contributed by atoms with Gasteiger partial charge in [-0.1, -0.05) is 6.92 Å². The minimum absolute atomic E-state index is 0.0213. The van der Waals surface area contributed by atoms with Gasteiger partial charge in [0, 0.05) is 25.6 Å². The Bertz CT molecular complexity index is 204. The third kappa shape index (κ3) is 2.94. The third-order valence-electron chi connectivity index (χ3n) is 3.55. The zero-order valence-corrected chi connectivity index (χ0v) is 10.1.